The summed E-state index contributed by atoms with van der Waals surface area (Å²) in [6, 6.07) is 14.4. The van der Waals surface area contributed by atoms with Gasteiger partial charge in [-0.1, -0.05) is 29.8 Å². The van der Waals surface area contributed by atoms with E-state index in [4.69, 9.17) is 0 Å². The first-order chi connectivity index (χ1) is 12.2. The number of hydrogen-bond donors (Lipinski definition) is 1. The fourth-order valence-electron chi connectivity index (χ4n) is 2.47. The SMILES string of the molecule is Cc1ccc(NC(=O)CN(C)Cc2cccc(S(=O)(=O)N(C)C)c2)cc1. The molecule has 2 aromatic carbocycles. The van der Waals surface area contributed by atoms with Crippen molar-refractivity contribution in [1.29, 1.82) is 0 Å². The lowest BCUT2D eigenvalue weighted by molar-refractivity contribution is -0.117. The predicted octanol–water partition coefficient (Wildman–Crippen LogP) is 2.32. The molecule has 0 fully saturated rings. The molecule has 6 nitrogen and oxygen atoms in total. The van der Waals surface area contributed by atoms with Gasteiger partial charge in [-0.2, -0.15) is 0 Å². The zero-order chi connectivity index (χ0) is 19.3. The molecule has 0 heterocycles. The molecule has 1 N–H and O–H groups in total. The number of amides is 1. The summed E-state index contributed by atoms with van der Waals surface area (Å²) >= 11 is 0. The highest BCUT2D eigenvalue weighted by Gasteiger charge is 2.17. The van der Waals surface area contributed by atoms with Gasteiger partial charge in [0.15, 0.2) is 0 Å². The van der Waals surface area contributed by atoms with Crippen LogP contribution in [0.3, 0.4) is 0 Å². The molecule has 0 bridgehead atoms. The molecule has 0 spiro atoms. The third-order valence-corrected chi connectivity index (χ3v) is 5.69. The van der Waals surface area contributed by atoms with Gasteiger partial charge in [0.1, 0.15) is 0 Å². The van der Waals surface area contributed by atoms with Gasteiger partial charge < -0.3 is 5.32 Å². The predicted molar refractivity (Wildman–Crippen MR) is 103 cm³/mol. The molecule has 26 heavy (non-hydrogen) atoms. The Kier molecular flexibility index (Phi) is 6.52. The second-order valence-electron chi connectivity index (χ2n) is 6.52. The standard InChI is InChI=1S/C19H25N3O3S/c1-15-8-10-17(11-9-15)20-19(23)14-22(4)13-16-6-5-7-18(12-16)26(24,25)21(2)3/h5-12H,13-14H2,1-4H3,(H,20,23). The van der Waals surface area contributed by atoms with E-state index in [0.717, 1.165) is 16.8 Å². The van der Waals surface area contributed by atoms with Crippen molar-refractivity contribution in [3.8, 4) is 0 Å². The van der Waals surface area contributed by atoms with Crippen LogP contribution in [0.4, 0.5) is 5.69 Å². The maximum absolute atomic E-state index is 12.2. The van der Waals surface area contributed by atoms with Gasteiger partial charge in [-0.25, -0.2) is 12.7 Å². The smallest absolute Gasteiger partial charge is 0.242 e. The topological polar surface area (TPSA) is 69.7 Å². The van der Waals surface area contributed by atoms with Crippen LogP contribution >= 0.6 is 0 Å². The number of sulfonamides is 1. The van der Waals surface area contributed by atoms with Gasteiger partial charge in [0.25, 0.3) is 0 Å². The maximum atomic E-state index is 12.2. The van der Waals surface area contributed by atoms with E-state index in [9.17, 15) is 13.2 Å². The number of aryl methyl sites for hydroxylation is 1. The summed E-state index contributed by atoms with van der Waals surface area (Å²) < 4.78 is 25.6. The molecule has 0 aliphatic carbocycles. The van der Waals surface area contributed by atoms with Crippen molar-refractivity contribution < 1.29 is 13.2 Å². The number of anilines is 1. The zero-order valence-electron chi connectivity index (χ0n) is 15.6. The Bertz CT molecular complexity index is 862. The highest BCUT2D eigenvalue weighted by molar-refractivity contribution is 7.89. The average molecular weight is 375 g/mol. The van der Waals surface area contributed by atoms with E-state index in [0.29, 0.717) is 6.54 Å². The summed E-state index contributed by atoms with van der Waals surface area (Å²) in [5.74, 6) is -0.117. The molecule has 0 atom stereocenters. The maximum Gasteiger partial charge on any atom is 0.242 e. The minimum Gasteiger partial charge on any atom is -0.325 e. The van der Waals surface area contributed by atoms with Gasteiger partial charge in [-0.3, -0.25) is 9.69 Å². The van der Waals surface area contributed by atoms with Crippen molar-refractivity contribution in [2.45, 2.75) is 18.4 Å². The molecule has 2 rings (SSSR count). The fourth-order valence-corrected chi connectivity index (χ4v) is 3.44. The number of hydrogen-bond acceptors (Lipinski definition) is 4. The Morgan fingerprint density at radius 2 is 1.69 bits per heavy atom. The minimum atomic E-state index is -3.47. The first-order valence-electron chi connectivity index (χ1n) is 8.25. The Morgan fingerprint density at radius 1 is 1.04 bits per heavy atom. The zero-order valence-corrected chi connectivity index (χ0v) is 16.4. The molecule has 0 aromatic heterocycles. The van der Waals surface area contributed by atoms with E-state index in [-0.39, 0.29) is 17.3 Å². The molecule has 0 saturated carbocycles. The lowest BCUT2D eigenvalue weighted by atomic mass is 10.2. The van der Waals surface area contributed by atoms with Crippen LogP contribution in [0.15, 0.2) is 53.4 Å². The third-order valence-electron chi connectivity index (χ3n) is 3.88. The van der Waals surface area contributed by atoms with Crippen molar-refractivity contribution in [2.75, 3.05) is 33.0 Å². The molecular weight excluding hydrogens is 350 g/mol. The Labute approximate surface area is 155 Å². The van der Waals surface area contributed by atoms with Crippen molar-refractivity contribution in [3.63, 3.8) is 0 Å². The van der Waals surface area contributed by atoms with E-state index >= 15 is 0 Å². The first kappa shape index (κ1) is 20.1. The largest absolute Gasteiger partial charge is 0.325 e. The molecule has 140 valence electrons. The van der Waals surface area contributed by atoms with Gasteiger partial charge in [0.05, 0.1) is 11.4 Å². The highest BCUT2D eigenvalue weighted by Crippen LogP contribution is 2.16. The summed E-state index contributed by atoms with van der Waals surface area (Å²) in [5.41, 5.74) is 2.72. The summed E-state index contributed by atoms with van der Waals surface area (Å²) in [7, 11) is 1.36. The number of carbonyl (C=O) groups is 1. The number of benzene rings is 2. The minimum absolute atomic E-state index is 0.117. The molecule has 0 radical (unpaired) electrons. The monoisotopic (exact) mass is 375 g/mol. The number of nitrogens with zero attached hydrogens (tertiary/aromatic N) is 2. The molecule has 1 amide bonds. The van der Waals surface area contributed by atoms with E-state index in [1.807, 2.05) is 49.2 Å². The molecule has 0 unspecified atom stereocenters. The normalized spacial score (nSPS) is 11.8. The molecule has 0 saturated heterocycles. The Balaban J connectivity index is 1.98. The van der Waals surface area contributed by atoms with Crippen molar-refractivity contribution >= 4 is 21.6 Å². The number of carbonyl (C=O) groups excluding carboxylic acids is 1. The molecular formula is C19H25N3O3S. The van der Waals surface area contributed by atoms with Crippen LogP contribution in [0.5, 0.6) is 0 Å². The van der Waals surface area contributed by atoms with Crippen LogP contribution in [0.2, 0.25) is 0 Å². The third kappa shape index (κ3) is 5.39. The Morgan fingerprint density at radius 3 is 2.31 bits per heavy atom. The molecule has 0 aliphatic rings. The number of likely N-dealkylation sites (N-methyl/N-ethyl adjacent to an activating group) is 1. The second kappa shape index (κ2) is 8.44. The van der Waals surface area contributed by atoms with E-state index < -0.39 is 10.0 Å². The molecule has 2 aromatic rings. The lowest BCUT2D eigenvalue weighted by Gasteiger charge is -2.17. The quantitative estimate of drug-likeness (QED) is 0.806. The van der Waals surface area contributed by atoms with Crippen LogP contribution in [0.1, 0.15) is 11.1 Å². The number of rotatable bonds is 7. The van der Waals surface area contributed by atoms with Crippen LogP contribution in [-0.4, -0.2) is 51.2 Å². The van der Waals surface area contributed by atoms with E-state index in [2.05, 4.69) is 5.32 Å². The Hall–Kier alpha value is -2.22. The summed E-state index contributed by atoms with van der Waals surface area (Å²) in [6.07, 6.45) is 0. The van der Waals surface area contributed by atoms with Crippen molar-refractivity contribution in [3.05, 3.63) is 59.7 Å². The van der Waals surface area contributed by atoms with Gasteiger partial charge in [0, 0.05) is 26.3 Å². The van der Waals surface area contributed by atoms with Crippen LogP contribution in [0.25, 0.3) is 0 Å². The summed E-state index contributed by atoms with van der Waals surface area (Å²) in [6.45, 7) is 2.67. The van der Waals surface area contributed by atoms with Gasteiger partial charge in [-0.15, -0.1) is 0 Å². The average Bonchev–Trinajstić information content (AvgIpc) is 2.56. The van der Waals surface area contributed by atoms with Crippen LogP contribution in [0, 0.1) is 6.92 Å². The summed E-state index contributed by atoms with van der Waals surface area (Å²) in [4.78, 5) is 14.2. The van der Waals surface area contributed by atoms with E-state index in [1.54, 1.807) is 18.2 Å². The van der Waals surface area contributed by atoms with Crippen molar-refractivity contribution in [2.24, 2.45) is 0 Å². The van der Waals surface area contributed by atoms with Gasteiger partial charge in [-0.05, 0) is 43.8 Å². The van der Waals surface area contributed by atoms with E-state index in [1.165, 1.54) is 18.4 Å². The second-order valence-corrected chi connectivity index (χ2v) is 8.67. The molecule has 0 aliphatic heterocycles. The van der Waals surface area contributed by atoms with Gasteiger partial charge in [0.2, 0.25) is 15.9 Å². The highest BCUT2D eigenvalue weighted by atomic mass is 32.2. The van der Waals surface area contributed by atoms with Crippen LogP contribution < -0.4 is 5.32 Å². The molecule has 7 heteroatoms. The first-order valence-corrected chi connectivity index (χ1v) is 9.69. The van der Waals surface area contributed by atoms with Gasteiger partial charge >= 0.3 is 0 Å². The van der Waals surface area contributed by atoms with Crippen molar-refractivity contribution in [1.82, 2.24) is 9.21 Å². The lowest BCUT2D eigenvalue weighted by Crippen LogP contribution is -2.30. The fraction of sp³-hybridized carbons (Fsp3) is 0.316. The number of nitrogens with one attached hydrogen (secondary N) is 1. The summed E-state index contributed by atoms with van der Waals surface area (Å²) in [5, 5.41) is 2.85. The van der Waals surface area contributed by atoms with Crippen LogP contribution in [-0.2, 0) is 21.4 Å².